The van der Waals surface area contributed by atoms with Crippen LogP contribution in [0.3, 0.4) is 0 Å². The zero-order valence-electron chi connectivity index (χ0n) is 17.0. The summed E-state index contributed by atoms with van der Waals surface area (Å²) in [6.07, 6.45) is 3.14. The molecule has 1 aromatic heterocycles. The normalized spacial score (nSPS) is 16.7. The Bertz CT molecular complexity index is 888. The average Bonchev–Trinajstić information content (AvgIpc) is 3.23. The summed E-state index contributed by atoms with van der Waals surface area (Å²) >= 11 is 1.68. The number of sulfonamides is 1. The third kappa shape index (κ3) is 5.66. The minimum absolute atomic E-state index is 0.0694. The molecule has 6 nitrogen and oxygen atoms in total. The Balaban J connectivity index is 1.57. The summed E-state index contributed by atoms with van der Waals surface area (Å²) in [7, 11) is 0.561. The smallest absolute Gasteiger partial charge is 0.243 e. The van der Waals surface area contributed by atoms with Crippen LogP contribution in [0.1, 0.15) is 35.7 Å². The molecule has 1 unspecified atom stereocenters. The van der Waals surface area contributed by atoms with Gasteiger partial charge in [0.15, 0.2) is 0 Å². The average molecular weight is 436 g/mol. The highest BCUT2D eigenvalue weighted by atomic mass is 32.2. The number of piperidine rings is 1. The first-order chi connectivity index (χ1) is 13.9. The van der Waals surface area contributed by atoms with Gasteiger partial charge in [0.2, 0.25) is 15.9 Å². The van der Waals surface area contributed by atoms with Gasteiger partial charge in [-0.3, -0.25) is 4.79 Å². The fourth-order valence-corrected chi connectivity index (χ4v) is 5.95. The molecule has 3 rings (SSSR count). The topological polar surface area (TPSA) is 69.7 Å². The Hall–Kier alpha value is -1.74. The molecule has 1 atom stereocenters. The fraction of sp³-hybridized carbons (Fsp3) is 0.476. The maximum absolute atomic E-state index is 12.7. The SMILES string of the molecule is CN(C)C(CNC(=O)Cc1ccc(S(=O)(=O)N2CCCCC2)cc1)c1cccs1. The summed E-state index contributed by atoms with van der Waals surface area (Å²) in [5.41, 5.74) is 0.803. The van der Waals surface area contributed by atoms with Gasteiger partial charge in [-0.25, -0.2) is 8.42 Å². The van der Waals surface area contributed by atoms with E-state index in [1.54, 1.807) is 39.9 Å². The number of carbonyl (C=O) groups excluding carboxylic acids is 1. The molecule has 158 valence electrons. The van der Waals surface area contributed by atoms with E-state index in [2.05, 4.69) is 16.3 Å². The van der Waals surface area contributed by atoms with Crippen LogP contribution in [-0.4, -0.2) is 57.3 Å². The number of hydrogen-bond acceptors (Lipinski definition) is 5. The third-order valence-electron chi connectivity index (χ3n) is 5.23. The molecule has 0 aliphatic carbocycles. The van der Waals surface area contributed by atoms with Gasteiger partial charge in [-0.2, -0.15) is 4.31 Å². The van der Waals surface area contributed by atoms with Crippen molar-refractivity contribution >= 4 is 27.3 Å². The highest BCUT2D eigenvalue weighted by molar-refractivity contribution is 7.89. The number of thiophene rings is 1. The van der Waals surface area contributed by atoms with Gasteiger partial charge in [-0.05, 0) is 56.1 Å². The molecule has 2 heterocycles. The zero-order valence-corrected chi connectivity index (χ0v) is 18.6. The number of carbonyl (C=O) groups is 1. The van der Waals surface area contributed by atoms with Crippen molar-refractivity contribution in [1.29, 1.82) is 0 Å². The number of nitrogens with zero attached hydrogens (tertiary/aromatic N) is 2. The number of rotatable bonds is 8. The summed E-state index contributed by atoms with van der Waals surface area (Å²) in [6.45, 7) is 1.71. The quantitative estimate of drug-likeness (QED) is 0.692. The van der Waals surface area contributed by atoms with E-state index in [0.717, 1.165) is 24.8 Å². The molecule has 0 bridgehead atoms. The molecule has 1 saturated heterocycles. The van der Waals surface area contributed by atoms with E-state index < -0.39 is 10.0 Å². The van der Waals surface area contributed by atoms with Crippen LogP contribution in [0.25, 0.3) is 0 Å². The van der Waals surface area contributed by atoms with Crippen LogP contribution in [0.15, 0.2) is 46.7 Å². The molecular weight excluding hydrogens is 406 g/mol. The molecule has 1 fully saturated rings. The fourth-order valence-electron chi connectivity index (χ4n) is 3.51. The Kier molecular flexibility index (Phi) is 7.45. The number of hydrogen-bond donors (Lipinski definition) is 1. The first kappa shape index (κ1) is 22.0. The van der Waals surface area contributed by atoms with Crippen LogP contribution in [0.4, 0.5) is 0 Å². The van der Waals surface area contributed by atoms with Crippen LogP contribution in [-0.2, 0) is 21.2 Å². The van der Waals surface area contributed by atoms with Crippen molar-refractivity contribution in [2.45, 2.75) is 36.6 Å². The number of likely N-dealkylation sites (N-methyl/N-ethyl adjacent to an activating group) is 1. The molecule has 2 aromatic rings. The first-order valence-electron chi connectivity index (χ1n) is 9.93. The van der Waals surface area contributed by atoms with E-state index in [9.17, 15) is 13.2 Å². The number of benzene rings is 1. The van der Waals surface area contributed by atoms with Gasteiger partial charge in [0, 0.05) is 24.5 Å². The van der Waals surface area contributed by atoms with E-state index in [1.165, 1.54) is 4.88 Å². The van der Waals surface area contributed by atoms with Crippen molar-refractivity contribution in [2.75, 3.05) is 33.7 Å². The van der Waals surface area contributed by atoms with Crippen molar-refractivity contribution in [3.05, 3.63) is 52.2 Å². The van der Waals surface area contributed by atoms with Crippen LogP contribution < -0.4 is 5.32 Å². The minimum atomic E-state index is -3.43. The summed E-state index contributed by atoms with van der Waals surface area (Å²) < 4.78 is 27.0. The number of amides is 1. The van der Waals surface area contributed by atoms with Gasteiger partial charge in [0.25, 0.3) is 0 Å². The Labute approximate surface area is 177 Å². The van der Waals surface area contributed by atoms with Crippen LogP contribution in [0.5, 0.6) is 0 Å². The molecule has 8 heteroatoms. The molecule has 1 N–H and O–H groups in total. The van der Waals surface area contributed by atoms with E-state index in [4.69, 9.17) is 0 Å². The van der Waals surface area contributed by atoms with Crippen LogP contribution in [0, 0.1) is 0 Å². The van der Waals surface area contributed by atoms with Crippen molar-refractivity contribution in [1.82, 2.24) is 14.5 Å². The van der Waals surface area contributed by atoms with E-state index in [1.807, 2.05) is 25.5 Å². The first-order valence-corrected chi connectivity index (χ1v) is 12.3. The lowest BCUT2D eigenvalue weighted by Crippen LogP contribution is -2.35. The minimum Gasteiger partial charge on any atom is -0.354 e. The highest BCUT2D eigenvalue weighted by Crippen LogP contribution is 2.23. The van der Waals surface area contributed by atoms with E-state index in [0.29, 0.717) is 24.5 Å². The lowest BCUT2D eigenvalue weighted by Gasteiger charge is -2.25. The van der Waals surface area contributed by atoms with Gasteiger partial charge >= 0.3 is 0 Å². The molecule has 0 saturated carbocycles. The molecule has 1 aliphatic rings. The van der Waals surface area contributed by atoms with Gasteiger partial charge in [0.05, 0.1) is 17.4 Å². The molecule has 1 amide bonds. The van der Waals surface area contributed by atoms with Crippen molar-refractivity contribution in [3.8, 4) is 0 Å². The third-order valence-corrected chi connectivity index (χ3v) is 8.11. The maximum atomic E-state index is 12.7. The van der Waals surface area contributed by atoms with Gasteiger partial charge < -0.3 is 10.2 Å². The lowest BCUT2D eigenvalue weighted by molar-refractivity contribution is -0.120. The summed E-state index contributed by atoms with van der Waals surface area (Å²) in [6, 6.07) is 10.9. The molecule has 1 aromatic carbocycles. The summed E-state index contributed by atoms with van der Waals surface area (Å²) in [4.78, 5) is 16.0. The van der Waals surface area contributed by atoms with Crippen molar-refractivity contribution in [3.63, 3.8) is 0 Å². The Morgan fingerprint density at radius 2 is 1.83 bits per heavy atom. The lowest BCUT2D eigenvalue weighted by atomic mass is 10.1. The monoisotopic (exact) mass is 435 g/mol. The molecule has 29 heavy (non-hydrogen) atoms. The van der Waals surface area contributed by atoms with Gasteiger partial charge in [0.1, 0.15) is 0 Å². The van der Waals surface area contributed by atoms with E-state index in [-0.39, 0.29) is 18.4 Å². The largest absolute Gasteiger partial charge is 0.354 e. The second kappa shape index (κ2) is 9.84. The second-order valence-electron chi connectivity index (χ2n) is 7.58. The van der Waals surface area contributed by atoms with Gasteiger partial charge in [-0.15, -0.1) is 11.3 Å². The molecular formula is C21H29N3O3S2. The standard InChI is InChI=1S/C21H29N3O3S2/c1-23(2)19(20-7-6-14-28-20)16-22-21(25)15-17-8-10-18(11-9-17)29(26,27)24-12-4-3-5-13-24/h6-11,14,19H,3-5,12-13,15-16H2,1-2H3,(H,22,25). The van der Waals surface area contributed by atoms with Crippen LogP contribution >= 0.6 is 11.3 Å². The molecule has 0 spiro atoms. The molecule has 0 radical (unpaired) electrons. The summed E-state index contributed by atoms with van der Waals surface area (Å²) in [5, 5.41) is 5.03. The van der Waals surface area contributed by atoms with Gasteiger partial charge in [-0.1, -0.05) is 24.6 Å². The Morgan fingerprint density at radius 3 is 2.41 bits per heavy atom. The van der Waals surface area contributed by atoms with E-state index >= 15 is 0 Å². The summed E-state index contributed by atoms with van der Waals surface area (Å²) in [5.74, 6) is -0.0694. The number of nitrogens with one attached hydrogen (secondary N) is 1. The van der Waals surface area contributed by atoms with Crippen molar-refractivity contribution in [2.24, 2.45) is 0 Å². The van der Waals surface area contributed by atoms with Crippen molar-refractivity contribution < 1.29 is 13.2 Å². The predicted octanol–water partition coefficient (Wildman–Crippen LogP) is 2.88. The maximum Gasteiger partial charge on any atom is 0.243 e. The Morgan fingerprint density at radius 1 is 1.14 bits per heavy atom. The molecule has 1 aliphatic heterocycles. The zero-order chi connectivity index (χ0) is 20.9. The predicted molar refractivity (Wildman–Crippen MR) is 117 cm³/mol. The van der Waals surface area contributed by atoms with Crippen LogP contribution in [0.2, 0.25) is 0 Å². The highest BCUT2D eigenvalue weighted by Gasteiger charge is 2.25. The second-order valence-corrected chi connectivity index (χ2v) is 10.5.